The van der Waals surface area contributed by atoms with Crippen LogP contribution in [0.3, 0.4) is 0 Å². The molecule has 1 aromatic carbocycles. The zero-order chi connectivity index (χ0) is 18.6. The van der Waals surface area contributed by atoms with Gasteiger partial charge in [0.25, 0.3) is 0 Å². The smallest absolute Gasteiger partial charge is 0.317 e. The van der Waals surface area contributed by atoms with Crippen LogP contribution in [0.4, 0.5) is 9.93 Å². The van der Waals surface area contributed by atoms with Gasteiger partial charge in [-0.1, -0.05) is 18.2 Å². The third-order valence-corrected chi connectivity index (χ3v) is 6.44. The summed E-state index contributed by atoms with van der Waals surface area (Å²) in [7, 11) is 0. The van der Waals surface area contributed by atoms with E-state index >= 15 is 0 Å². The molecule has 27 heavy (non-hydrogen) atoms. The number of nitrogens with zero attached hydrogens (tertiary/aromatic N) is 2. The summed E-state index contributed by atoms with van der Waals surface area (Å²) < 4.78 is 1.22. The van der Waals surface area contributed by atoms with Gasteiger partial charge in [0.1, 0.15) is 0 Å². The number of hydrogen-bond donors (Lipinski definition) is 2. The van der Waals surface area contributed by atoms with E-state index in [0.717, 1.165) is 17.7 Å². The monoisotopic (exact) mass is 400 g/mol. The maximum absolute atomic E-state index is 12.5. The minimum atomic E-state index is -0.197. The van der Waals surface area contributed by atoms with Crippen LogP contribution in [-0.2, 0) is 11.3 Å². The molecule has 4 rings (SSSR count). The number of anilines is 1. The van der Waals surface area contributed by atoms with Gasteiger partial charge in [-0.15, -0.1) is 22.7 Å². The van der Waals surface area contributed by atoms with Gasteiger partial charge in [0, 0.05) is 34.2 Å². The van der Waals surface area contributed by atoms with E-state index in [-0.39, 0.29) is 17.9 Å². The molecule has 0 radical (unpaired) electrons. The topological polar surface area (TPSA) is 74.3 Å². The van der Waals surface area contributed by atoms with Gasteiger partial charge in [-0.3, -0.25) is 4.79 Å². The largest absolute Gasteiger partial charge is 0.333 e. The summed E-state index contributed by atoms with van der Waals surface area (Å²) in [4.78, 5) is 31.9. The Morgan fingerprint density at radius 2 is 2.19 bits per heavy atom. The summed E-state index contributed by atoms with van der Waals surface area (Å²) in [5.74, 6) is -0.260. The van der Waals surface area contributed by atoms with Crippen LogP contribution in [0.25, 0.3) is 10.1 Å². The van der Waals surface area contributed by atoms with Crippen molar-refractivity contribution in [1.29, 1.82) is 0 Å². The van der Waals surface area contributed by atoms with Crippen LogP contribution in [0.15, 0.2) is 41.9 Å². The molecule has 0 aliphatic carbocycles. The van der Waals surface area contributed by atoms with E-state index in [9.17, 15) is 9.59 Å². The molecule has 0 bridgehead atoms. The number of carbonyl (C=O) groups is 2. The Balaban J connectivity index is 1.32. The Morgan fingerprint density at radius 1 is 1.30 bits per heavy atom. The van der Waals surface area contributed by atoms with Gasteiger partial charge in [-0.25, -0.2) is 9.78 Å². The lowest BCUT2D eigenvalue weighted by Crippen LogP contribution is -2.47. The molecule has 3 aromatic rings. The number of aromatic nitrogens is 1. The number of benzene rings is 1. The highest BCUT2D eigenvalue weighted by molar-refractivity contribution is 7.19. The van der Waals surface area contributed by atoms with Crippen molar-refractivity contribution in [2.45, 2.75) is 19.4 Å². The van der Waals surface area contributed by atoms with Crippen molar-refractivity contribution < 1.29 is 9.59 Å². The molecule has 0 spiro atoms. The number of amides is 3. The van der Waals surface area contributed by atoms with Crippen molar-refractivity contribution in [2.24, 2.45) is 5.92 Å². The number of carbonyl (C=O) groups excluding carboxylic acids is 2. The molecule has 1 aliphatic heterocycles. The highest BCUT2D eigenvalue weighted by atomic mass is 32.1. The van der Waals surface area contributed by atoms with Crippen molar-refractivity contribution in [2.75, 3.05) is 18.4 Å². The predicted molar refractivity (Wildman–Crippen MR) is 109 cm³/mol. The first-order valence-corrected chi connectivity index (χ1v) is 10.6. The van der Waals surface area contributed by atoms with Gasteiger partial charge >= 0.3 is 6.03 Å². The number of thiophene rings is 1. The van der Waals surface area contributed by atoms with Crippen molar-refractivity contribution in [3.8, 4) is 0 Å². The third-order valence-electron chi connectivity index (χ3n) is 4.63. The van der Waals surface area contributed by atoms with E-state index in [1.54, 1.807) is 22.4 Å². The summed E-state index contributed by atoms with van der Waals surface area (Å²) in [5.41, 5.74) is 0. The molecule has 3 amide bonds. The average molecular weight is 401 g/mol. The summed E-state index contributed by atoms with van der Waals surface area (Å²) in [6, 6.07) is 10.2. The minimum absolute atomic E-state index is 0.0630. The molecular formula is C19H20N4O2S2. The molecule has 6 nitrogen and oxygen atoms in total. The zero-order valence-electron chi connectivity index (χ0n) is 14.7. The SMILES string of the molecule is O=C(Nc1nccs1)C1CCCN(C(=O)NCc2cc3ccccc3s2)C1. The van der Waals surface area contributed by atoms with Crippen LogP contribution >= 0.6 is 22.7 Å². The van der Waals surface area contributed by atoms with Gasteiger partial charge in [0.2, 0.25) is 5.91 Å². The van der Waals surface area contributed by atoms with Crippen LogP contribution in [0.5, 0.6) is 0 Å². The van der Waals surface area contributed by atoms with Gasteiger partial charge in [0.15, 0.2) is 5.13 Å². The lowest BCUT2D eigenvalue weighted by molar-refractivity contribution is -0.121. The Kier molecular flexibility index (Phi) is 5.35. The number of likely N-dealkylation sites (tertiary alicyclic amines) is 1. The van der Waals surface area contributed by atoms with Crippen LogP contribution in [0, 0.1) is 5.92 Å². The molecule has 1 aliphatic rings. The second-order valence-electron chi connectivity index (χ2n) is 6.52. The maximum Gasteiger partial charge on any atom is 0.317 e. The molecule has 140 valence electrons. The first-order chi connectivity index (χ1) is 13.2. The van der Waals surface area contributed by atoms with Crippen LogP contribution < -0.4 is 10.6 Å². The Hall–Kier alpha value is -2.45. The fourth-order valence-electron chi connectivity index (χ4n) is 3.27. The predicted octanol–water partition coefficient (Wildman–Crippen LogP) is 3.92. The third kappa shape index (κ3) is 4.28. The van der Waals surface area contributed by atoms with Gasteiger partial charge < -0.3 is 15.5 Å². The van der Waals surface area contributed by atoms with Crippen molar-refractivity contribution in [1.82, 2.24) is 15.2 Å². The lowest BCUT2D eigenvalue weighted by atomic mass is 9.97. The Labute approximate surface area is 165 Å². The fraction of sp³-hybridized carbons (Fsp3) is 0.316. The van der Waals surface area contributed by atoms with Gasteiger partial charge in [-0.05, 0) is 30.4 Å². The maximum atomic E-state index is 12.5. The first-order valence-electron chi connectivity index (χ1n) is 8.89. The number of fused-ring (bicyclic) bond motifs is 1. The highest BCUT2D eigenvalue weighted by Gasteiger charge is 2.28. The van der Waals surface area contributed by atoms with Crippen molar-refractivity contribution >= 4 is 49.8 Å². The van der Waals surface area contributed by atoms with E-state index in [4.69, 9.17) is 0 Å². The lowest BCUT2D eigenvalue weighted by Gasteiger charge is -2.31. The summed E-state index contributed by atoms with van der Waals surface area (Å²) in [6.45, 7) is 1.62. The Bertz CT molecular complexity index is 905. The number of hydrogen-bond acceptors (Lipinski definition) is 5. The molecule has 1 unspecified atom stereocenters. The summed E-state index contributed by atoms with van der Waals surface area (Å²) >= 11 is 3.09. The molecule has 3 heterocycles. The first kappa shape index (κ1) is 17.9. The van der Waals surface area contributed by atoms with E-state index in [0.29, 0.717) is 24.8 Å². The van der Waals surface area contributed by atoms with E-state index < -0.39 is 0 Å². The zero-order valence-corrected chi connectivity index (χ0v) is 16.3. The summed E-state index contributed by atoms with van der Waals surface area (Å²) in [5, 5.41) is 9.45. The van der Waals surface area contributed by atoms with Crippen LogP contribution in [0.2, 0.25) is 0 Å². The van der Waals surface area contributed by atoms with Crippen molar-refractivity contribution in [3.63, 3.8) is 0 Å². The number of rotatable bonds is 4. The molecule has 8 heteroatoms. The minimum Gasteiger partial charge on any atom is -0.333 e. The molecule has 1 fully saturated rings. The molecule has 2 aromatic heterocycles. The van der Waals surface area contributed by atoms with Crippen LogP contribution in [-0.4, -0.2) is 34.9 Å². The molecule has 0 saturated carbocycles. The molecule has 1 saturated heterocycles. The highest BCUT2D eigenvalue weighted by Crippen LogP contribution is 2.25. The fourth-order valence-corrected chi connectivity index (χ4v) is 4.80. The number of thiazole rings is 1. The second-order valence-corrected chi connectivity index (χ2v) is 8.58. The van der Waals surface area contributed by atoms with E-state index in [1.165, 1.54) is 21.4 Å². The molecule has 2 N–H and O–H groups in total. The standard InChI is InChI=1S/C19H20N4O2S2/c24-17(22-18-20-7-9-26-18)14-5-3-8-23(12-14)19(25)21-11-15-10-13-4-1-2-6-16(13)27-15/h1-2,4,6-7,9-10,14H,3,5,8,11-12H2,(H,21,25)(H,20,22,24). The molecular weight excluding hydrogens is 380 g/mol. The van der Waals surface area contributed by atoms with Gasteiger partial charge in [-0.2, -0.15) is 0 Å². The van der Waals surface area contributed by atoms with Crippen LogP contribution in [0.1, 0.15) is 17.7 Å². The Morgan fingerprint density at radius 3 is 3.00 bits per heavy atom. The normalized spacial score (nSPS) is 17.0. The summed E-state index contributed by atoms with van der Waals surface area (Å²) in [6.07, 6.45) is 3.28. The van der Waals surface area contributed by atoms with Gasteiger partial charge in [0.05, 0.1) is 12.5 Å². The average Bonchev–Trinajstić information content (AvgIpc) is 3.35. The number of nitrogens with one attached hydrogen (secondary N) is 2. The van der Waals surface area contributed by atoms with Crippen molar-refractivity contribution in [3.05, 3.63) is 46.8 Å². The number of piperidine rings is 1. The molecule has 1 atom stereocenters. The number of urea groups is 1. The quantitative estimate of drug-likeness (QED) is 0.697. The van der Waals surface area contributed by atoms with E-state index in [1.807, 2.05) is 17.5 Å². The second kappa shape index (κ2) is 8.06. The van der Waals surface area contributed by atoms with E-state index in [2.05, 4.69) is 33.8 Å².